The van der Waals surface area contributed by atoms with Crippen LogP contribution in [-0.4, -0.2) is 50.2 Å². The van der Waals surface area contributed by atoms with Crippen LogP contribution in [-0.2, 0) is 6.54 Å². The van der Waals surface area contributed by atoms with Crippen LogP contribution in [0, 0.1) is 5.92 Å². The predicted molar refractivity (Wildman–Crippen MR) is 121 cm³/mol. The summed E-state index contributed by atoms with van der Waals surface area (Å²) in [5, 5.41) is 0. The van der Waals surface area contributed by atoms with Gasteiger partial charge in [-0.15, -0.1) is 0 Å². The number of imidazole rings is 1. The first-order valence-electron chi connectivity index (χ1n) is 11.7. The van der Waals surface area contributed by atoms with E-state index in [2.05, 4.69) is 40.6 Å². The molecule has 0 aromatic carbocycles. The van der Waals surface area contributed by atoms with Crippen molar-refractivity contribution in [1.82, 2.24) is 24.4 Å². The summed E-state index contributed by atoms with van der Waals surface area (Å²) in [6.45, 7) is 10.3. The van der Waals surface area contributed by atoms with Crippen molar-refractivity contribution in [2.45, 2.75) is 84.7 Å². The molecule has 0 spiro atoms. The van der Waals surface area contributed by atoms with Crippen LogP contribution < -0.4 is 16.2 Å². The summed E-state index contributed by atoms with van der Waals surface area (Å²) in [5.41, 5.74) is 6.90. The SMILES string of the molecule is CCCCOc1nc(N)c2[nH]c(=O)n(CCCC3CCN(C(CC)CC)CC3)c2n1. The normalized spacial score (nSPS) is 16.0. The van der Waals surface area contributed by atoms with E-state index in [1.807, 2.05) is 0 Å². The molecule has 8 nitrogen and oxygen atoms in total. The third-order valence-corrected chi connectivity index (χ3v) is 6.46. The van der Waals surface area contributed by atoms with Crippen molar-refractivity contribution in [3.8, 4) is 6.01 Å². The summed E-state index contributed by atoms with van der Waals surface area (Å²) in [5.74, 6) is 1.00. The standard InChI is InChI=1S/C22H38N6O2/c1-4-7-15-30-21-25-19(23)18-20(26-21)28(22(29)24-18)12-8-9-16-10-13-27(14-11-16)17(5-2)6-3/h16-17H,4-15H2,1-3H3,(H,24,29)(H2,23,25,26). The average molecular weight is 419 g/mol. The molecule has 0 bridgehead atoms. The molecule has 1 saturated heterocycles. The highest BCUT2D eigenvalue weighted by atomic mass is 16.5. The lowest BCUT2D eigenvalue weighted by Crippen LogP contribution is -2.40. The zero-order valence-corrected chi connectivity index (χ0v) is 18.8. The molecular formula is C22H38N6O2. The monoisotopic (exact) mass is 418 g/mol. The van der Waals surface area contributed by atoms with E-state index in [-0.39, 0.29) is 17.5 Å². The Morgan fingerprint density at radius 3 is 2.57 bits per heavy atom. The number of aromatic amines is 1. The lowest BCUT2D eigenvalue weighted by atomic mass is 9.91. The fourth-order valence-corrected chi connectivity index (χ4v) is 4.56. The summed E-state index contributed by atoms with van der Waals surface area (Å²) in [7, 11) is 0. The smallest absolute Gasteiger partial charge is 0.327 e. The van der Waals surface area contributed by atoms with Crippen molar-refractivity contribution in [2.24, 2.45) is 5.92 Å². The van der Waals surface area contributed by atoms with Gasteiger partial charge in [-0.2, -0.15) is 9.97 Å². The molecule has 0 aliphatic carbocycles. The Hall–Kier alpha value is -2.09. The van der Waals surface area contributed by atoms with Crippen LogP contribution in [0.3, 0.4) is 0 Å². The Morgan fingerprint density at radius 1 is 1.17 bits per heavy atom. The van der Waals surface area contributed by atoms with Gasteiger partial charge in [-0.1, -0.05) is 27.2 Å². The molecule has 1 aliphatic heterocycles. The van der Waals surface area contributed by atoms with Crippen LogP contribution in [0.25, 0.3) is 11.2 Å². The van der Waals surface area contributed by atoms with E-state index in [1.54, 1.807) is 4.57 Å². The minimum Gasteiger partial charge on any atom is -0.463 e. The number of H-pyrrole nitrogens is 1. The summed E-state index contributed by atoms with van der Waals surface area (Å²) >= 11 is 0. The molecule has 1 aliphatic rings. The molecule has 168 valence electrons. The van der Waals surface area contributed by atoms with Crippen LogP contribution >= 0.6 is 0 Å². The molecule has 0 unspecified atom stereocenters. The van der Waals surface area contributed by atoms with E-state index in [1.165, 1.54) is 38.8 Å². The highest BCUT2D eigenvalue weighted by molar-refractivity contribution is 5.81. The maximum absolute atomic E-state index is 12.5. The van der Waals surface area contributed by atoms with E-state index < -0.39 is 0 Å². The molecule has 3 rings (SSSR count). The third kappa shape index (κ3) is 5.33. The molecule has 1 fully saturated rings. The number of unbranched alkanes of at least 4 members (excludes halogenated alkanes) is 1. The topological polar surface area (TPSA) is 102 Å². The Kier molecular flexibility index (Phi) is 8.13. The summed E-state index contributed by atoms with van der Waals surface area (Å²) in [6, 6.07) is 0.976. The number of rotatable bonds is 11. The van der Waals surface area contributed by atoms with Gasteiger partial charge in [-0.3, -0.25) is 4.57 Å². The molecule has 2 aromatic heterocycles. The maximum Gasteiger partial charge on any atom is 0.327 e. The molecular weight excluding hydrogens is 380 g/mol. The van der Waals surface area contributed by atoms with Gasteiger partial charge in [0.2, 0.25) is 0 Å². The number of aryl methyl sites for hydroxylation is 1. The fraction of sp³-hybridized carbons (Fsp3) is 0.773. The summed E-state index contributed by atoms with van der Waals surface area (Å²) in [4.78, 5) is 26.5. The first kappa shape index (κ1) is 22.6. The number of nitrogens with one attached hydrogen (secondary N) is 1. The second-order valence-corrected chi connectivity index (χ2v) is 8.47. The van der Waals surface area contributed by atoms with E-state index in [9.17, 15) is 4.79 Å². The molecule has 0 amide bonds. The lowest BCUT2D eigenvalue weighted by molar-refractivity contribution is 0.121. The van der Waals surface area contributed by atoms with Crippen molar-refractivity contribution < 1.29 is 4.74 Å². The minimum absolute atomic E-state index is 0.180. The number of nitrogens with zero attached hydrogens (tertiary/aromatic N) is 4. The van der Waals surface area contributed by atoms with Crippen molar-refractivity contribution in [3.63, 3.8) is 0 Å². The molecule has 0 radical (unpaired) electrons. The van der Waals surface area contributed by atoms with Gasteiger partial charge in [0.1, 0.15) is 5.52 Å². The molecule has 3 N–H and O–H groups in total. The van der Waals surface area contributed by atoms with Crippen molar-refractivity contribution in [2.75, 3.05) is 25.4 Å². The average Bonchev–Trinajstić information content (AvgIpc) is 3.06. The Bertz CT molecular complexity index is 849. The first-order chi connectivity index (χ1) is 14.6. The minimum atomic E-state index is -0.180. The van der Waals surface area contributed by atoms with Crippen LogP contribution in [0.1, 0.15) is 72.1 Å². The number of hydrogen-bond donors (Lipinski definition) is 2. The molecule has 8 heteroatoms. The fourth-order valence-electron chi connectivity index (χ4n) is 4.56. The van der Waals surface area contributed by atoms with E-state index in [0.29, 0.717) is 24.3 Å². The van der Waals surface area contributed by atoms with Crippen LogP contribution in [0.15, 0.2) is 4.79 Å². The van der Waals surface area contributed by atoms with Gasteiger partial charge in [0, 0.05) is 12.6 Å². The Balaban J connectivity index is 1.58. The number of hydrogen-bond acceptors (Lipinski definition) is 6. The van der Waals surface area contributed by atoms with Crippen LogP contribution in [0.5, 0.6) is 6.01 Å². The second kappa shape index (κ2) is 10.8. The number of aromatic nitrogens is 4. The Labute approximate surface area is 179 Å². The summed E-state index contributed by atoms with van der Waals surface area (Å²) in [6.07, 6.45) is 9.03. The molecule has 0 saturated carbocycles. The Morgan fingerprint density at radius 2 is 1.90 bits per heavy atom. The largest absolute Gasteiger partial charge is 0.463 e. The first-order valence-corrected chi connectivity index (χ1v) is 11.7. The van der Waals surface area contributed by atoms with Crippen LogP contribution in [0.4, 0.5) is 5.82 Å². The van der Waals surface area contributed by atoms with Gasteiger partial charge >= 0.3 is 11.7 Å². The lowest BCUT2D eigenvalue weighted by Gasteiger charge is -2.37. The number of ether oxygens (including phenoxy) is 1. The number of piperidine rings is 1. The second-order valence-electron chi connectivity index (χ2n) is 8.47. The number of nitrogen functional groups attached to an aromatic ring is 1. The van der Waals surface area contributed by atoms with Crippen LogP contribution in [0.2, 0.25) is 0 Å². The van der Waals surface area contributed by atoms with Crippen molar-refractivity contribution in [3.05, 3.63) is 10.5 Å². The summed E-state index contributed by atoms with van der Waals surface area (Å²) < 4.78 is 7.29. The number of nitrogens with two attached hydrogens (primary N) is 1. The van der Waals surface area contributed by atoms with Gasteiger partial charge < -0.3 is 20.4 Å². The molecule has 2 aromatic rings. The zero-order chi connectivity index (χ0) is 21.5. The van der Waals surface area contributed by atoms with Gasteiger partial charge in [0.05, 0.1) is 6.61 Å². The van der Waals surface area contributed by atoms with E-state index >= 15 is 0 Å². The maximum atomic E-state index is 12.5. The number of likely N-dealkylation sites (tertiary alicyclic amines) is 1. The van der Waals surface area contributed by atoms with Gasteiger partial charge in [0.15, 0.2) is 11.5 Å². The third-order valence-electron chi connectivity index (χ3n) is 6.46. The van der Waals surface area contributed by atoms with E-state index in [4.69, 9.17) is 10.5 Å². The molecule has 0 atom stereocenters. The quantitative estimate of drug-likeness (QED) is 0.541. The highest BCUT2D eigenvalue weighted by Crippen LogP contribution is 2.25. The highest BCUT2D eigenvalue weighted by Gasteiger charge is 2.23. The van der Waals surface area contributed by atoms with Gasteiger partial charge in [-0.05, 0) is 64.0 Å². The zero-order valence-electron chi connectivity index (χ0n) is 18.8. The van der Waals surface area contributed by atoms with Gasteiger partial charge in [0.25, 0.3) is 0 Å². The number of anilines is 1. The van der Waals surface area contributed by atoms with E-state index in [0.717, 1.165) is 37.6 Å². The van der Waals surface area contributed by atoms with Crippen molar-refractivity contribution in [1.29, 1.82) is 0 Å². The predicted octanol–water partition coefficient (Wildman–Crippen LogP) is 3.56. The van der Waals surface area contributed by atoms with Crippen molar-refractivity contribution >= 4 is 17.0 Å². The molecule has 30 heavy (non-hydrogen) atoms. The molecule has 3 heterocycles. The number of fused-ring (bicyclic) bond motifs is 1. The van der Waals surface area contributed by atoms with Gasteiger partial charge in [-0.25, -0.2) is 4.79 Å².